The molecule has 0 spiro atoms. The summed E-state index contributed by atoms with van der Waals surface area (Å²) in [5.41, 5.74) is 2.72. The molecule has 154 valence electrons. The smallest absolute Gasteiger partial charge is 0.323 e. The molecule has 0 aliphatic rings. The van der Waals surface area contributed by atoms with Crippen LogP contribution in [0.5, 0.6) is 5.75 Å². The molecule has 3 N–H and O–H groups in total. The number of hydrogen-bond acceptors (Lipinski definition) is 5. The van der Waals surface area contributed by atoms with Crippen molar-refractivity contribution in [2.24, 2.45) is 0 Å². The van der Waals surface area contributed by atoms with E-state index in [1.54, 1.807) is 31.2 Å². The first-order chi connectivity index (χ1) is 14.4. The van der Waals surface area contributed by atoms with Crippen molar-refractivity contribution in [3.8, 4) is 5.75 Å². The van der Waals surface area contributed by atoms with E-state index in [0.717, 1.165) is 11.1 Å². The number of imidazole rings is 1. The number of H-pyrrole nitrogens is 2. The Morgan fingerprint density at radius 2 is 1.93 bits per heavy atom. The second-order valence-corrected chi connectivity index (χ2v) is 8.36. The standard InChI is InChI=1S/C21H19ClN4O3S/c1-11(13-3-8-16-17(9-13)26-21(28)25-16)24-20(27)19-12(2)23-18(30-19)10-29-15-6-4-14(22)5-7-15/h3-9,11H,10H2,1-2H3,(H,24,27)(H2,25,26,28). The van der Waals surface area contributed by atoms with Gasteiger partial charge in [0.2, 0.25) is 0 Å². The van der Waals surface area contributed by atoms with Crippen molar-refractivity contribution in [3.63, 3.8) is 0 Å². The minimum Gasteiger partial charge on any atom is -0.486 e. The Labute approximate surface area is 181 Å². The lowest BCUT2D eigenvalue weighted by Crippen LogP contribution is -2.26. The minimum atomic E-state index is -0.257. The number of halogens is 1. The van der Waals surface area contributed by atoms with E-state index < -0.39 is 0 Å². The third kappa shape index (κ3) is 4.39. The Morgan fingerprint density at radius 3 is 2.70 bits per heavy atom. The largest absolute Gasteiger partial charge is 0.486 e. The van der Waals surface area contributed by atoms with Crippen molar-refractivity contribution in [1.82, 2.24) is 20.3 Å². The van der Waals surface area contributed by atoms with Crippen LogP contribution in [0.1, 0.15) is 38.9 Å². The number of nitrogens with zero attached hydrogens (tertiary/aromatic N) is 1. The zero-order valence-corrected chi connectivity index (χ0v) is 17.9. The SMILES string of the molecule is Cc1nc(COc2ccc(Cl)cc2)sc1C(=O)NC(C)c1ccc2[nH]c(=O)[nH]c2c1. The number of carbonyl (C=O) groups excluding carboxylic acids is 1. The lowest BCUT2D eigenvalue weighted by atomic mass is 10.1. The number of nitrogens with one attached hydrogen (secondary N) is 3. The van der Waals surface area contributed by atoms with Gasteiger partial charge in [0, 0.05) is 5.02 Å². The molecule has 30 heavy (non-hydrogen) atoms. The Balaban J connectivity index is 1.43. The molecule has 2 aromatic carbocycles. The maximum atomic E-state index is 12.8. The molecule has 0 saturated carbocycles. The number of aromatic amines is 2. The molecule has 0 aliphatic carbocycles. The molecule has 0 radical (unpaired) electrons. The average Bonchev–Trinajstić information content (AvgIpc) is 3.28. The summed E-state index contributed by atoms with van der Waals surface area (Å²) < 4.78 is 5.71. The molecule has 1 atom stereocenters. The van der Waals surface area contributed by atoms with Crippen molar-refractivity contribution in [2.45, 2.75) is 26.5 Å². The van der Waals surface area contributed by atoms with Crippen molar-refractivity contribution in [2.75, 3.05) is 0 Å². The molecule has 0 bridgehead atoms. The van der Waals surface area contributed by atoms with Crippen LogP contribution in [0.15, 0.2) is 47.3 Å². The maximum absolute atomic E-state index is 12.8. The number of thiazole rings is 1. The third-order valence-electron chi connectivity index (χ3n) is 4.61. The number of fused-ring (bicyclic) bond motifs is 1. The second kappa shape index (κ2) is 8.33. The second-order valence-electron chi connectivity index (χ2n) is 6.84. The van der Waals surface area contributed by atoms with Crippen molar-refractivity contribution in [3.05, 3.63) is 79.1 Å². The van der Waals surface area contributed by atoms with E-state index in [0.29, 0.717) is 31.9 Å². The fourth-order valence-electron chi connectivity index (χ4n) is 3.07. The lowest BCUT2D eigenvalue weighted by Gasteiger charge is -2.14. The van der Waals surface area contributed by atoms with Crippen LogP contribution in [0.2, 0.25) is 5.02 Å². The third-order valence-corrected chi connectivity index (χ3v) is 5.99. The number of rotatable bonds is 6. The van der Waals surface area contributed by atoms with Crippen LogP contribution in [0.4, 0.5) is 0 Å². The zero-order valence-electron chi connectivity index (χ0n) is 16.3. The average molecular weight is 443 g/mol. The number of carbonyl (C=O) groups is 1. The highest BCUT2D eigenvalue weighted by molar-refractivity contribution is 7.13. The summed E-state index contributed by atoms with van der Waals surface area (Å²) in [6.45, 7) is 3.97. The van der Waals surface area contributed by atoms with Gasteiger partial charge >= 0.3 is 5.69 Å². The van der Waals surface area contributed by atoms with Crippen molar-refractivity contribution >= 4 is 39.9 Å². The van der Waals surface area contributed by atoms with Gasteiger partial charge in [-0.25, -0.2) is 9.78 Å². The quantitative estimate of drug-likeness (QED) is 0.413. The first kappa shape index (κ1) is 20.2. The van der Waals surface area contributed by atoms with E-state index in [2.05, 4.69) is 20.3 Å². The van der Waals surface area contributed by atoms with Crippen LogP contribution in [-0.2, 0) is 6.61 Å². The number of aromatic nitrogens is 3. The maximum Gasteiger partial charge on any atom is 0.323 e. The van der Waals surface area contributed by atoms with Gasteiger partial charge in [-0.2, -0.15) is 0 Å². The Bertz CT molecular complexity index is 1260. The van der Waals surface area contributed by atoms with Crippen molar-refractivity contribution in [1.29, 1.82) is 0 Å². The molecule has 0 aliphatic heterocycles. The molecule has 9 heteroatoms. The fourth-order valence-corrected chi connectivity index (χ4v) is 4.07. The summed E-state index contributed by atoms with van der Waals surface area (Å²) in [4.78, 5) is 34.6. The van der Waals surface area contributed by atoms with Gasteiger partial charge in [0.1, 0.15) is 22.2 Å². The number of amides is 1. The minimum absolute atomic E-state index is 0.196. The predicted octanol–water partition coefficient (Wildman–Crippen LogP) is 4.34. The highest BCUT2D eigenvalue weighted by atomic mass is 35.5. The summed E-state index contributed by atoms with van der Waals surface area (Å²) in [5, 5.41) is 4.35. The summed E-state index contributed by atoms with van der Waals surface area (Å²) in [6.07, 6.45) is 0. The van der Waals surface area contributed by atoms with Gasteiger partial charge in [-0.3, -0.25) is 4.79 Å². The van der Waals surface area contributed by atoms with Crippen LogP contribution in [0.3, 0.4) is 0 Å². The van der Waals surface area contributed by atoms with E-state index in [9.17, 15) is 9.59 Å². The summed E-state index contributed by atoms with van der Waals surface area (Å²) in [7, 11) is 0. The molecule has 0 fully saturated rings. The van der Waals surface area contributed by atoms with Crippen LogP contribution < -0.4 is 15.7 Å². The summed E-state index contributed by atoms with van der Waals surface area (Å²) >= 11 is 7.18. The number of aryl methyl sites for hydroxylation is 1. The molecular weight excluding hydrogens is 424 g/mol. The van der Waals surface area contributed by atoms with Crippen molar-refractivity contribution < 1.29 is 9.53 Å². The van der Waals surface area contributed by atoms with Gasteiger partial charge in [-0.05, 0) is 55.8 Å². The molecule has 2 heterocycles. The van der Waals surface area contributed by atoms with Gasteiger partial charge < -0.3 is 20.0 Å². The molecule has 1 unspecified atom stereocenters. The van der Waals surface area contributed by atoms with Crippen LogP contribution in [-0.4, -0.2) is 20.9 Å². The van der Waals surface area contributed by atoms with Gasteiger partial charge in [0.05, 0.1) is 22.8 Å². The molecule has 7 nitrogen and oxygen atoms in total. The zero-order chi connectivity index (χ0) is 21.3. The summed E-state index contributed by atoms with van der Waals surface area (Å²) in [5.74, 6) is 0.489. The van der Waals surface area contributed by atoms with E-state index >= 15 is 0 Å². The molecule has 4 rings (SSSR count). The highest BCUT2D eigenvalue weighted by Crippen LogP contribution is 2.23. The van der Waals surface area contributed by atoms with E-state index in [1.165, 1.54) is 11.3 Å². The Hall–Kier alpha value is -3.10. The van der Waals surface area contributed by atoms with Gasteiger partial charge in [0.15, 0.2) is 0 Å². The molecule has 1 amide bonds. The van der Waals surface area contributed by atoms with Crippen LogP contribution in [0, 0.1) is 6.92 Å². The number of ether oxygens (including phenoxy) is 1. The van der Waals surface area contributed by atoms with Gasteiger partial charge in [0.25, 0.3) is 5.91 Å². The molecule has 4 aromatic rings. The summed E-state index contributed by atoms with van der Waals surface area (Å²) in [6, 6.07) is 12.4. The van der Waals surface area contributed by atoms with Crippen LogP contribution >= 0.6 is 22.9 Å². The Kier molecular flexibility index (Phi) is 5.61. The van der Waals surface area contributed by atoms with E-state index in [-0.39, 0.29) is 24.2 Å². The molecule has 0 saturated heterocycles. The Morgan fingerprint density at radius 1 is 1.20 bits per heavy atom. The van der Waals surface area contributed by atoms with Gasteiger partial charge in [-0.1, -0.05) is 17.7 Å². The normalized spacial score (nSPS) is 12.1. The monoisotopic (exact) mass is 442 g/mol. The van der Waals surface area contributed by atoms with E-state index in [1.807, 2.05) is 25.1 Å². The number of hydrogen-bond donors (Lipinski definition) is 3. The number of benzene rings is 2. The van der Waals surface area contributed by atoms with E-state index in [4.69, 9.17) is 16.3 Å². The molecular formula is C21H19ClN4O3S. The topological polar surface area (TPSA) is 99.9 Å². The van der Waals surface area contributed by atoms with Gasteiger partial charge in [-0.15, -0.1) is 11.3 Å². The highest BCUT2D eigenvalue weighted by Gasteiger charge is 2.18. The first-order valence-corrected chi connectivity index (χ1v) is 10.5. The molecule has 2 aromatic heterocycles. The lowest BCUT2D eigenvalue weighted by molar-refractivity contribution is 0.0943. The predicted molar refractivity (Wildman–Crippen MR) is 117 cm³/mol. The first-order valence-electron chi connectivity index (χ1n) is 9.26. The fraction of sp³-hybridized carbons (Fsp3) is 0.190. The van der Waals surface area contributed by atoms with Crippen LogP contribution in [0.25, 0.3) is 11.0 Å².